The van der Waals surface area contributed by atoms with E-state index in [0.29, 0.717) is 28.1 Å². The van der Waals surface area contributed by atoms with Gasteiger partial charge in [0, 0.05) is 42.2 Å². The Labute approximate surface area is 216 Å². The number of benzene rings is 1. The number of hydrogen-bond donors (Lipinski definition) is 0. The molecule has 0 atom stereocenters. The second-order valence-corrected chi connectivity index (χ2v) is 11.2. The summed E-state index contributed by atoms with van der Waals surface area (Å²) in [4.78, 5) is 12.0. The van der Waals surface area contributed by atoms with E-state index in [4.69, 9.17) is 16.9 Å². The molecule has 1 spiro atoms. The molecule has 0 N–H and O–H groups in total. The molecule has 8 nitrogen and oxygen atoms in total. The number of nitrogens with zero attached hydrogens (tertiary/aromatic N) is 8. The van der Waals surface area contributed by atoms with Crippen LogP contribution < -0.4 is 4.90 Å². The van der Waals surface area contributed by atoms with Crippen LogP contribution in [0.5, 0.6) is 0 Å². The van der Waals surface area contributed by atoms with Crippen molar-refractivity contribution in [2.45, 2.75) is 57.4 Å². The second kappa shape index (κ2) is 8.13. The van der Waals surface area contributed by atoms with Gasteiger partial charge in [-0.05, 0) is 56.5 Å². The monoisotopic (exact) mass is 528 g/mol. The molecule has 6 rings (SSSR count). The molecule has 0 bridgehead atoms. The van der Waals surface area contributed by atoms with Crippen LogP contribution in [0.4, 0.5) is 19.1 Å². The van der Waals surface area contributed by atoms with E-state index in [1.807, 2.05) is 16.7 Å². The number of fused-ring (bicyclic) bond motifs is 3. The predicted octanol–water partition coefficient (Wildman–Crippen LogP) is 4.62. The zero-order valence-corrected chi connectivity index (χ0v) is 21.1. The number of hydrogen-bond acceptors (Lipinski definition) is 7. The number of anilines is 1. The van der Waals surface area contributed by atoms with Gasteiger partial charge < -0.3 is 4.90 Å². The van der Waals surface area contributed by atoms with Crippen LogP contribution in [0.2, 0.25) is 5.02 Å². The van der Waals surface area contributed by atoms with Crippen molar-refractivity contribution in [3.8, 4) is 11.8 Å². The number of rotatable bonds is 3. The molecule has 1 saturated carbocycles. The van der Waals surface area contributed by atoms with Crippen molar-refractivity contribution in [1.82, 2.24) is 29.6 Å². The Hall–Kier alpha value is -3.23. The Kier molecular flexibility index (Phi) is 5.30. The maximum Gasteiger partial charge on any atom is 0.406 e. The Morgan fingerprint density at radius 2 is 1.86 bits per heavy atom. The molecule has 3 aliphatic rings. The van der Waals surface area contributed by atoms with Crippen LogP contribution in [0.3, 0.4) is 0 Å². The number of alkyl halides is 3. The lowest BCUT2D eigenvalue weighted by molar-refractivity contribution is -0.224. The zero-order valence-electron chi connectivity index (χ0n) is 20.3. The summed E-state index contributed by atoms with van der Waals surface area (Å²) in [6.07, 6.45) is -1.05. The van der Waals surface area contributed by atoms with Crippen molar-refractivity contribution >= 4 is 17.5 Å². The number of nitriles is 1. The summed E-state index contributed by atoms with van der Waals surface area (Å²) in [6, 6.07) is 8.95. The third-order valence-electron chi connectivity index (χ3n) is 8.03. The van der Waals surface area contributed by atoms with Crippen molar-refractivity contribution < 1.29 is 13.2 Å². The molecule has 0 amide bonds. The minimum absolute atomic E-state index is 0.0179. The fourth-order valence-electron chi connectivity index (χ4n) is 5.76. The highest BCUT2D eigenvalue weighted by molar-refractivity contribution is 6.30. The molecule has 12 heteroatoms. The first-order valence-corrected chi connectivity index (χ1v) is 12.4. The molecule has 1 aromatic carbocycles. The average Bonchev–Trinajstić information content (AvgIpc) is 3.11. The van der Waals surface area contributed by atoms with Gasteiger partial charge in [-0.15, -0.1) is 10.2 Å². The maximum absolute atomic E-state index is 14.0. The Balaban J connectivity index is 1.26. The molecule has 37 heavy (non-hydrogen) atoms. The summed E-state index contributed by atoms with van der Waals surface area (Å²) in [5.41, 5.74) is -0.124. The SMILES string of the molecule is CC(C)(N1Cc2cc(Cl)ccc2-n2c(nnc2C2CC3(C2)CN(c2nccc(C#N)n2)C3)C1)C(F)(F)F. The number of aromatic nitrogens is 5. The summed E-state index contributed by atoms with van der Waals surface area (Å²) in [5.74, 6) is 1.96. The zero-order chi connectivity index (χ0) is 26.2. The summed E-state index contributed by atoms with van der Waals surface area (Å²) in [6.45, 7) is 4.08. The van der Waals surface area contributed by atoms with Crippen molar-refractivity contribution in [2.24, 2.45) is 5.41 Å². The highest BCUT2D eigenvalue weighted by Crippen LogP contribution is 2.56. The molecule has 1 aliphatic carbocycles. The molecule has 192 valence electrons. The van der Waals surface area contributed by atoms with Crippen LogP contribution in [0, 0.1) is 16.7 Å². The van der Waals surface area contributed by atoms with Crippen LogP contribution >= 0.6 is 11.6 Å². The standard InChI is InChI=1S/C25H24ClF3N8/c1-23(2,25(27,28)29)36-11-15-7-17(26)3-4-19(15)37-20(12-36)33-34-21(37)16-8-24(9-16)13-35(14-24)22-31-6-5-18(10-30)32-22/h3-7,16H,8-9,11-14H2,1-2H3. The van der Waals surface area contributed by atoms with Gasteiger partial charge >= 0.3 is 6.18 Å². The summed E-state index contributed by atoms with van der Waals surface area (Å²) < 4.78 is 43.8. The third kappa shape index (κ3) is 3.85. The smallest absolute Gasteiger partial charge is 0.340 e. The van der Waals surface area contributed by atoms with Crippen molar-refractivity contribution in [1.29, 1.82) is 5.26 Å². The Morgan fingerprint density at radius 3 is 2.57 bits per heavy atom. The van der Waals surface area contributed by atoms with Gasteiger partial charge in [0.2, 0.25) is 5.95 Å². The molecular weight excluding hydrogens is 505 g/mol. The fraction of sp³-hybridized carbons (Fsp3) is 0.480. The normalized spacial score (nSPS) is 19.4. The molecule has 4 heterocycles. The van der Waals surface area contributed by atoms with Gasteiger partial charge in [0.05, 0.1) is 12.2 Å². The second-order valence-electron chi connectivity index (χ2n) is 10.8. The van der Waals surface area contributed by atoms with E-state index in [1.165, 1.54) is 18.7 Å². The maximum atomic E-state index is 14.0. The largest absolute Gasteiger partial charge is 0.406 e. The summed E-state index contributed by atoms with van der Waals surface area (Å²) in [5, 5.41) is 18.4. The first-order chi connectivity index (χ1) is 17.5. The van der Waals surface area contributed by atoms with Crippen molar-refractivity contribution in [3.05, 3.63) is 58.4 Å². The molecule has 2 aliphatic heterocycles. The molecule has 3 aromatic rings. The lowest BCUT2D eigenvalue weighted by Crippen LogP contribution is -2.62. The van der Waals surface area contributed by atoms with Gasteiger partial charge in [-0.1, -0.05) is 11.6 Å². The van der Waals surface area contributed by atoms with Gasteiger partial charge in [0.25, 0.3) is 0 Å². The van der Waals surface area contributed by atoms with Gasteiger partial charge in [-0.2, -0.15) is 18.4 Å². The minimum atomic E-state index is -4.42. The van der Waals surface area contributed by atoms with Crippen molar-refractivity contribution in [2.75, 3.05) is 18.0 Å². The minimum Gasteiger partial charge on any atom is -0.340 e. The molecule has 2 fully saturated rings. The molecule has 0 unspecified atom stereocenters. The van der Waals surface area contributed by atoms with Crippen LogP contribution in [0.25, 0.3) is 5.69 Å². The van der Waals surface area contributed by atoms with Crippen LogP contribution in [0.15, 0.2) is 30.5 Å². The van der Waals surface area contributed by atoms with E-state index in [1.54, 1.807) is 24.4 Å². The molecule has 0 radical (unpaired) electrons. The van der Waals surface area contributed by atoms with Crippen LogP contribution in [-0.4, -0.2) is 54.4 Å². The van der Waals surface area contributed by atoms with E-state index in [0.717, 1.165) is 37.4 Å². The number of halogens is 4. The van der Waals surface area contributed by atoms with Crippen molar-refractivity contribution in [3.63, 3.8) is 0 Å². The predicted molar refractivity (Wildman–Crippen MR) is 129 cm³/mol. The van der Waals surface area contributed by atoms with E-state index < -0.39 is 11.7 Å². The third-order valence-corrected chi connectivity index (χ3v) is 8.27. The van der Waals surface area contributed by atoms with Gasteiger partial charge in [0.1, 0.15) is 23.1 Å². The van der Waals surface area contributed by atoms with Crippen LogP contribution in [0.1, 0.15) is 55.5 Å². The molecule has 2 aromatic heterocycles. The lowest BCUT2D eigenvalue weighted by atomic mass is 9.57. The highest BCUT2D eigenvalue weighted by atomic mass is 35.5. The average molecular weight is 529 g/mol. The fourth-order valence-corrected chi connectivity index (χ4v) is 5.95. The Bertz CT molecular complexity index is 1410. The van der Waals surface area contributed by atoms with Crippen LogP contribution in [-0.2, 0) is 13.1 Å². The van der Waals surface area contributed by atoms with E-state index in [2.05, 4.69) is 25.1 Å². The molecular formula is C25H24ClF3N8. The quantitative estimate of drug-likeness (QED) is 0.490. The summed E-state index contributed by atoms with van der Waals surface area (Å²) >= 11 is 6.26. The first-order valence-electron chi connectivity index (χ1n) is 12.0. The molecule has 1 saturated heterocycles. The highest BCUT2D eigenvalue weighted by Gasteiger charge is 2.55. The van der Waals surface area contributed by atoms with E-state index in [-0.39, 0.29) is 24.4 Å². The Morgan fingerprint density at radius 1 is 1.11 bits per heavy atom. The van der Waals surface area contributed by atoms with Gasteiger partial charge in [0.15, 0.2) is 5.82 Å². The topological polar surface area (TPSA) is 86.8 Å². The van der Waals surface area contributed by atoms with Gasteiger partial charge in [-0.3, -0.25) is 9.47 Å². The van der Waals surface area contributed by atoms with E-state index >= 15 is 0 Å². The first kappa shape index (κ1) is 24.1. The van der Waals surface area contributed by atoms with E-state index in [9.17, 15) is 13.2 Å². The lowest BCUT2D eigenvalue weighted by Gasteiger charge is -2.58. The van der Waals surface area contributed by atoms with Gasteiger partial charge in [-0.25, -0.2) is 9.97 Å². The summed E-state index contributed by atoms with van der Waals surface area (Å²) in [7, 11) is 0.